The Labute approximate surface area is 124 Å². The first-order valence-corrected chi connectivity index (χ1v) is 7.17. The number of ether oxygens (including phenoxy) is 2. The van der Waals surface area contributed by atoms with Gasteiger partial charge in [-0.05, 0) is 18.6 Å². The first-order chi connectivity index (χ1) is 10.2. The van der Waals surface area contributed by atoms with Crippen LogP contribution in [0, 0.1) is 5.41 Å². The zero-order valence-electron chi connectivity index (χ0n) is 12.3. The number of benzene rings is 1. The van der Waals surface area contributed by atoms with Gasteiger partial charge in [0.1, 0.15) is 12.4 Å². The number of nitrogens with zero attached hydrogens (tertiary/aromatic N) is 1. The fourth-order valence-electron chi connectivity index (χ4n) is 1.95. The Balaban J connectivity index is 2.06. The highest BCUT2D eigenvalue weighted by atomic mass is 16.5. The number of amidine groups is 1. The van der Waals surface area contributed by atoms with E-state index in [2.05, 4.69) is 11.9 Å². The molecule has 1 aromatic carbocycles. The van der Waals surface area contributed by atoms with Gasteiger partial charge in [-0.3, -0.25) is 5.41 Å². The van der Waals surface area contributed by atoms with Crippen LogP contribution in [0.25, 0.3) is 10.9 Å². The van der Waals surface area contributed by atoms with E-state index in [4.69, 9.17) is 20.6 Å². The summed E-state index contributed by atoms with van der Waals surface area (Å²) in [4.78, 5) is 4.43. The molecule has 0 saturated heterocycles. The molecular formula is C16H21N3O2. The van der Waals surface area contributed by atoms with Crippen molar-refractivity contribution in [3.8, 4) is 5.88 Å². The van der Waals surface area contributed by atoms with Gasteiger partial charge in [-0.15, -0.1) is 0 Å². The lowest BCUT2D eigenvalue weighted by Crippen LogP contribution is -2.16. The lowest BCUT2D eigenvalue weighted by molar-refractivity contribution is 0.0966. The van der Waals surface area contributed by atoms with Gasteiger partial charge in [0.2, 0.25) is 5.88 Å². The maximum atomic E-state index is 7.65. The van der Waals surface area contributed by atoms with Crippen molar-refractivity contribution in [3.63, 3.8) is 0 Å². The van der Waals surface area contributed by atoms with Gasteiger partial charge in [-0.1, -0.05) is 31.5 Å². The molecule has 2 aromatic rings. The Morgan fingerprint density at radius 1 is 1.24 bits per heavy atom. The number of para-hydroxylation sites is 1. The lowest BCUT2D eigenvalue weighted by Gasteiger charge is -2.11. The molecule has 1 heterocycles. The monoisotopic (exact) mass is 287 g/mol. The first-order valence-electron chi connectivity index (χ1n) is 7.17. The van der Waals surface area contributed by atoms with E-state index in [0.717, 1.165) is 30.4 Å². The molecule has 112 valence electrons. The topological polar surface area (TPSA) is 81.2 Å². The quantitative estimate of drug-likeness (QED) is 0.444. The molecule has 0 atom stereocenters. The Kier molecular flexibility index (Phi) is 5.51. The minimum Gasteiger partial charge on any atom is -0.475 e. The van der Waals surface area contributed by atoms with E-state index in [9.17, 15) is 0 Å². The summed E-state index contributed by atoms with van der Waals surface area (Å²) in [6.07, 6.45) is 2.16. The van der Waals surface area contributed by atoms with Gasteiger partial charge in [0.05, 0.1) is 17.7 Å². The highest BCUT2D eigenvalue weighted by Crippen LogP contribution is 2.21. The Bertz CT molecular complexity index is 613. The van der Waals surface area contributed by atoms with E-state index < -0.39 is 0 Å². The second-order valence-electron chi connectivity index (χ2n) is 4.76. The molecule has 0 amide bonds. The standard InChI is InChI=1S/C16H21N3O2/c1-2-3-8-20-9-10-21-16-13(15(17)18)11-12-6-4-5-7-14(12)19-16/h4-7,11H,2-3,8-10H2,1H3,(H3,17,18). The number of pyridine rings is 1. The van der Waals surface area contributed by atoms with Crippen molar-refractivity contribution >= 4 is 16.7 Å². The number of hydrogen-bond acceptors (Lipinski definition) is 4. The summed E-state index contributed by atoms with van der Waals surface area (Å²) in [7, 11) is 0. The van der Waals surface area contributed by atoms with Crippen molar-refractivity contribution in [2.24, 2.45) is 5.73 Å². The summed E-state index contributed by atoms with van der Waals surface area (Å²) in [6, 6.07) is 9.52. The molecule has 0 unspecified atom stereocenters. The number of nitrogens with one attached hydrogen (secondary N) is 1. The predicted molar refractivity (Wildman–Crippen MR) is 84.0 cm³/mol. The smallest absolute Gasteiger partial charge is 0.225 e. The van der Waals surface area contributed by atoms with Crippen LogP contribution in [-0.4, -0.2) is 30.6 Å². The maximum absolute atomic E-state index is 7.65. The third-order valence-electron chi connectivity index (χ3n) is 3.09. The van der Waals surface area contributed by atoms with Crippen molar-refractivity contribution in [2.45, 2.75) is 19.8 Å². The predicted octanol–water partition coefficient (Wildman–Crippen LogP) is 2.71. The van der Waals surface area contributed by atoms with Gasteiger partial charge >= 0.3 is 0 Å². The van der Waals surface area contributed by atoms with Crippen LogP contribution in [-0.2, 0) is 4.74 Å². The first kappa shape index (κ1) is 15.3. The number of unbranched alkanes of at least 4 members (excludes halogenated alkanes) is 1. The van der Waals surface area contributed by atoms with E-state index in [1.54, 1.807) is 0 Å². The zero-order chi connectivity index (χ0) is 15.1. The van der Waals surface area contributed by atoms with Crippen LogP contribution in [0.2, 0.25) is 0 Å². The largest absolute Gasteiger partial charge is 0.475 e. The van der Waals surface area contributed by atoms with Gasteiger partial charge in [-0.2, -0.15) is 0 Å². The van der Waals surface area contributed by atoms with E-state index in [-0.39, 0.29) is 5.84 Å². The van der Waals surface area contributed by atoms with E-state index in [1.165, 1.54) is 0 Å². The highest BCUT2D eigenvalue weighted by Gasteiger charge is 2.10. The van der Waals surface area contributed by atoms with Crippen molar-refractivity contribution in [1.82, 2.24) is 4.98 Å². The molecule has 0 saturated carbocycles. The summed E-state index contributed by atoms with van der Waals surface area (Å²) in [5.74, 6) is 0.343. The lowest BCUT2D eigenvalue weighted by atomic mass is 10.1. The third-order valence-corrected chi connectivity index (χ3v) is 3.09. The molecule has 1 aromatic heterocycles. The maximum Gasteiger partial charge on any atom is 0.225 e. The molecule has 0 aliphatic rings. The van der Waals surface area contributed by atoms with Gasteiger partial charge in [0.15, 0.2) is 0 Å². The van der Waals surface area contributed by atoms with E-state index >= 15 is 0 Å². The van der Waals surface area contributed by atoms with Crippen LogP contribution < -0.4 is 10.5 Å². The SMILES string of the molecule is CCCCOCCOc1nc2ccccc2cc1C(=N)N. The summed E-state index contributed by atoms with van der Waals surface area (Å²) in [6.45, 7) is 3.77. The van der Waals surface area contributed by atoms with Crippen molar-refractivity contribution in [3.05, 3.63) is 35.9 Å². The molecule has 0 spiro atoms. The van der Waals surface area contributed by atoms with Crippen LogP contribution in [0.3, 0.4) is 0 Å². The summed E-state index contributed by atoms with van der Waals surface area (Å²) >= 11 is 0. The van der Waals surface area contributed by atoms with Gasteiger partial charge in [0, 0.05) is 12.0 Å². The zero-order valence-corrected chi connectivity index (χ0v) is 12.3. The van der Waals surface area contributed by atoms with Crippen LogP contribution in [0.5, 0.6) is 5.88 Å². The molecule has 0 radical (unpaired) electrons. The molecule has 0 fully saturated rings. The molecule has 5 heteroatoms. The minimum atomic E-state index is -0.0462. The average molecular weight is 287 g/mol. The number of aromatic nitrogens is 1. The Morgan fingerprint density at radius 3 is 2.81 bits per heavy atom. The molecule has 0 aliphatic carbocycles. The number of nitrogens with two attached hydrogens (primary N) is 1. The second kappa shape index (κ2) is 7.59. The molecule has 5 nitrogen and oxygen atoms in total. The molecule has 21 heavy (non-hydrogen) atoms. The molecule has 0 bridgehead atoms. The van der Waals surface area contributed by atoms with E-state index in [1.807, 2.05) is 30.3 Å². The van der Waals surface area contributed by atoms with Crippen molar-refractivity contribution in [1.29, 1.82) is 5.41 Å². The van der Waals surface area contributed by atoms with Crippen molar-refractivity contribution < 1.29 is 9.47 Å². The average Bonchev–Trinajstić information content (AvgIpc) is 2.49. The molecule has 0 aliphatic heterocycles. The normalized spacial score (nSPS) is 10.7. The van der Waals surface area contributed by atoms with Gasteiger partial charge in [0.25, 0.3) is 0 Å². The van der Waals surface area contributed by atoms with E-state index in [0.29, 0.717) is 24.7 Å². The fourth-order valence-corrected chi connectivity index (χ4v) is 1.95. The van der Waals surface area contributed by atoms with Crippen LogP contribution >= 0.6 is 0 Å². The molecule has 3 N–H and O–H groups in total. The summed E-state index contributed by atoms with van der Waals surface area (Å²) < 4.78 is 11.1. The van der Waals surface area contributed by atoms with Crippen LogP contribution in [0.1, 0.15) is 25.3 Å². The molecular weight excluding hydrogens is 266 g/mol. The van der Waals surface area contributed by atoms with Crippen LogP contribution in [0.4, 0.5) is 0 Å². The number of hydrogen-bond donors (Lipinski definition) is 2. The summed E-state index contributed by atoms with van der Waals surface area (Å²) in [5.41, 5.74) is 6.95. The number of rotatable bonds is 8. The number of nitrogen functional groups attached to an aromatic ring is 1. The Hall–Kier alpha value is -2.14. The van der Waals surface area contributed by atoms with Crippen LogP contribution in [0.15, 0.2) is 30.3 Å². The van der Waals surface area contributed by atoms with Gasteiger partial charge < -0.3 is 15.2 Å². The summed E-state index contributed by atoms with van der Waals surface area (Å²) in [5, 5.41) is 8.59. The van der Waals surface area contributed by atoms with Gasteiger partial charge in [-0.25, -0.2) is 4.98 Å². The highest BCUT2D eigenvalue weighted by molar-refractivity contribution is 6.00. The minimum absolute atomic E-state index is 0.0462. The van der Waals surface area contributed by atoms with Crippen molar-refractivity contribution in [2.75, 3.05) is 19.8 Å². The third kappa shape index (κ3) is 4.16. The Morgan fingerprint density at radius 2 is 2.05 bits per heavy atom. The number of fused-ring (bicyclic) bond motifs is 1. The second-order valence-corrected chi connectivity index (χ2v) is 4.76. The fraction of sp³-hybridized carbons (Fsp3) is 0.375. The molecule has 2 rings (SSSR count).